The van der Waals surface area contributed by atoms with Crippen LogP contribution >= 0.6 is 0 Å². The zero-order valence-electron chi connectivity index (χ0n) is 7.75. The van der Waals surface area contributed by atoms with Gasteiger partial charge in [-0.1, -0.05) is 18.2 Å². The molecule has 0 fully saturated rings. The smallest absolute Gasteiger partial charge is 0.341 e. The first-order chi connectivity index (χ1) is 6.06. The molecule has 3 nitrogen and oxygen atoms in total. The number of carboxylic acid groups (broad SMARTS) is 1. The van der Waals surface area contributed by atoms with E-state index >= 15 is 0 Å². The lowest BCUT2D eigenvalue weighted by Crippen LogP contribution is -2.06. The number of rotatable bonds is 6. The van der Waals surface area contributed by atoms with Crippen LogP contribution in [0.3, 0.4) is 0 Å². The largest absolute Gasteiger partial charge is 0.486 e. The first-order valence-electron chi connectivity index (χ1n) is 3.88. The second-order valence-electron chi connectivity index (χ2n) is 2.63. The van der Waals surface area contributed by atoms with Gasteiger partial charge in [0.1, 0.15) is 5.76 Å². The number of allylic oxidation sites excluding steroid dienone is 3. The maximum absolute atomic E-state index is 10.2. The molecule has 0 saturated carbocycles. The summed E-state index contributed by atoms with van der Waals surface area (Å²) in [6, 6.07) is 0. The first-order valence-corrected chi connectivity index (χ1v) is 3.88. The summed E-state index contributed by atoms with van der Waals surface area (Å²) in [4.78, 5) is 10.2. The standard InChI is InChI=1S/C10H14O3/c1-4-5-9(6-8(2)3)13-7-10(11)12/h4,6H,1-2,5,7H2,3H3,(H,11,12)/b9-6+. The lowest BCUT2D eigenvalue weighted by Gasteiger charge is -2.05. The molecule has 0 aliphatic carbocycles. The van der Waals surface area contributed by atoms with E-state index in [1.807, 2.05) is 6.92 Å². The van der Waals surface area contributed by atoms with Crippen LogP contribution in [-0.2, 0) is 9.53 Å². The Bertz CT molecular complexity index is 239. The van der Waals surface area contributed by atoms with Crippen molar-refractivity contribution in [1.29, 1.82) is 0 Å². The van der Waals surface area contributed by atoms with E-state index in [2.05, 4.69) is 13.2 Å². The summed E-state index contributed by atoms with van der Waals surface area (Å²) < 4.78 is 4.98. The van der Waals surface area contributed by atoms with Crippen molar-refractivity contribution in [2.24, 2.45) is 0 Å². The summed E-state index contributed by atoms with van der Waals surface area (Å²) in [5.74, 6) is -0.415. The normalized spacial score (nSPS) is 10.7. The Morgan fingerprint density at radius 3 is 2.62 bits per heavy atom. The van der Waals surface area contributed by atoms with E-state index in [9.17, 15) is 4.79 Å². The molecule has 0 unspecified atom stereocenters. The quantitative estimate of drug-likeness (QED) is 0.389. The molecular formula is C10H14O3. The van der Waals surface area contributed by atoms with Crippen LogP contribution in [0.15, 0.2) is 36.6 Å². The molecule has 0 spiro atoms. The lowest BCUT2D eigenvalue weighted by molar-refractivity contribution is -0.140. The van der Waals surface area contributed by atoms with E-state index in [-0.39, 0.29) is 6.61 Å². The number of carbonyl (C=O) groups is 1. The predicted molar refractivity (Wildman–Crippen MR) is 51.3 cm³/mol. The van der Waals surface area contributed by atoms with Gasteiger partial charge in [0, 0.05) is 6.42 Å². The third-order valence-corrected chi connectivity index (χ3v) is 1.13. The molecule has 0 aromatic carbocycles. The third kappa shape index (κ3) is 6.87. The summed E-state index contributed by atoms with van der Waals surface area (Å²) in [6.45, 7) is 8.69. The highest BCUT2D eigenvalue weighted by molar-refractivity contribution is 5.68. The maximum atomic E-state index is 10.2. The number of hydrogen-bond acceptors (Lipinski definition) is 2. The Kier molecular flexibility index (Phi) is 5.35. The number of aliphatic carboxylic acids is 1. The fourth-order valence-electron chi connectivity index (χ4n) is 0.731. The topological polar surface area (TPSA) is 46.5 Å². The van der Waals surface area contributed by atoms with Crippen LogP contribution in [-0.4, -0.2) is 17.7 Å². The van der Waals surface area contributed by atoms with E-state index in [1.165, 1.54) is 0 Å². The average molecular weight is 182 g/mol. The number of ether oxygens (including phenoxy) is 1. The number of hydrogen-bond donors (Lipinski definition) is 1. The van der Waals surface area contributed by atoms with Gasteiger partial charge >= 0.3 is 5.97 Å². The molecule has 13 heavy (non-hydrogen) atoms. The fraction of sp³-hybridized carbons (Fsp3) is 0.300. The highest BCUT2D eigenvalue weighted by Crippen LogP contribution is 2.07. The molecule has 0 rings (SSSR count). The zero-order valence-corrected chi connectivity index (χ0v) is 7.75. The van der Waals surface area contributed by atoms with Crippen LogP contribution in [0.2, 0.25) is 0 Å². The molecule has 0 atom stereocenters. The fourth-order valence-corrected chi connectivity index (χ4v) is 0.731. The average Bonchev–Trinajstić information content (AvgIpc) is 1.99. The van der Waals surface area contributed by atoms with E-state index < -0.39 is 5.97 Å². The first kappa shape index (κ1) is 11.5. The second-order valence-corrected chi connectivity index (χ2v) is 2.63. The summed E-state index contributed by atoms with van der Waals surface area (Å²) in [5, 5.41) is 8.36. The minimum absolute atomic E-state index is 0.326. The van der Waals surface area contributed by atoms with Gasteiger partial charge in [0.05, 0.1) is 0 Å². The monoisotopic (exact) mass is 182 g/mol. The van der Waals surface area contributed by atoms with Crippen molar-refractivity contribution in [2.75, 3.05) is 6.61 Å². The van der Waals surface area contributed by atoms with Gasteiger partial charge in [-0.2, -0.15) is 0 Å². The Morgan fingerprint density at radius 1 is 1.62 bits per heavy atom. The molecule has 0 aromatic heterocycles. The molecule has 0 aliphatic rings. The minimum atomic E-state index is -0.989. The molecular weight excluding hydrogens is 168 g/mol. The second kappa shape index (κ2) is 6.06. The van der Waals surface area contributed by atoms with E-state index in [0.29, 0.717) is 12.2 Å². The van der Waals surface area contributed by atoms with Crippen LogP contribution in [0.4, 0.5) is 0 Å². The summed E-state index contributed by atoms with van der Waals surface area (Å²) >= 11 is 0. The molecule has 0 radical (unpaired) electrons. The molecule has 1 N–H and O–H groups in total. The lowest BCUT2D eigenvalue weighted by atomic mass is 10.2. The maximum Gasteiger partial charge on any atom is 0.341 e. The summed E-state index contributed by atoms with van der Waals surface area (Å²) in [7, 11) is 0. The van der Waals surface area contributed by atoms with Crippen LogP contribution in [0.1, 0.15) is 13.3 Å². The summed E-state index contributed by atoms with van der Waals surface area (Å²) in [5.41, 5.74) is 0.822. The van der Waals surface area contributed by atoms with Crippen LogP contribution in [0.5, 0.6) is 0 Å². The van der Waals surface area contributed by atoms with E-state index in [1.54, 1.807) is 12.2 Å². The van der Waals surface area contributed by atoms with Gasteiger partial charge in [0.25, 0.3) is 0 Å². The highest BCUT2D eigenvalue weighted by atomic mass is 16.5. The van der Waals surface area contributed by atoms with Crippen molar-refractivity contribution >= 4 is 5.97 Å². The van der Waals surface area contributed by atoms with Gasteiger partial charge < -0.3 is 9.84 Å². The van der Waals surface area contributed by atoms with Crippen LogP contribution in [0.25, 0.3) is 0 Å². The minimum Gasteiger partial charge on any atom is -0.486 e. The van der Waals surface area contributed by atoms with Crippen molar-refractivity contribution in [2.45, 2.75) is 13.3 Å². The van der Waals surface area contributed by atoms with E-state index in [0.717, 1.165) is 5.57 Å². The molecule has 0 heterocycles. The molecule has 0 aliphatic heterocycles. The van der Waals surface area contributed by atoms with Gasteiger partial charge in [-0.05, 0) is 13.0 Å². The Balaban J connectivity index is 4.17. The van der Waals surface area contributed by atoms with Crippen molar-refractivity contribution < 1.29 is 14.6 Å². The highest BCUT2D eigenvalue weighted by Gasteiger charge is 2.00. The number of carboxylic acids is 1. The van der Waals surface area contributed by atoms with Crippen molar-refractivity contribution in [3.8, 4) is 0 Å². The van der Waals surface area contributed by atoms with Gasteiger partial charge in [-0.25, -0.2) is 4.79 Å². The molecule has 0 aromatic rings. The SMILES string of the molecule is C=CC/C(=C\C(=C)C)OCC(=O)O. The van der Waals surface area contributed by atoms with Gasteiger partial charge in [-0.15, -0.1) is 6.58 Å². The zero-order chi connectivity index (χ0) is 10.3. The van der Waals surface area contributed by atoms with Gasteiger partial charge in [-0.3, -0.25) is 0 Å². The van der Waals surface area contributed by atoms with Gasteiger partial charge in [0.15, 0.2) is 6.61 Å². The Hall–Kier alpha value is -1.51. The van der Waals surface area contributed by atoms with Crippen LogP contribution in [0, 0.1) is 0 Å². The van der Waals surface area contributed by atoms with Crippen molar-refractivity contribution in [3.05, 3.63) is 36.6 Å². The van der Waals surface area contributed by atoms with Crippen molar-refractivity contribution in [3.63, 3.8) is 0 Å². The van der Waals surface area contributed by atoms with Crippen LogP contribution < -0.4 is 0 Å². The third-order valence-electron chi connectivity index (χ3n) is 1.13. The molecule has 3 heteroatoms. The van der Waals surface area contributed by atoms with Gasteiger partial charge in [0.2, 0.25) is 0 Å². The predicted octanol–water partition coefficient (Wildman–Crippen LogP) is 2.12. The van der Waals surface area contributed by atoms with Crippen molar-refractivity contribution in [1.82, 2.24) is 0 Å². The molecule has 0 bridgehead atoms. The van der Waals surface area contributed by atoms with E-state index in [4.69, 9.17) is 9.84 Å². The Labute approximate surface area is 78.0 Å². The molecule has 0 amide bonds. The molecule has 72 valence electrons. The molecule has 0 saturated heterocycles. The Morgan fingerprint density at radius 2 is 2.23 bits per heavy atom. The summed E-state index contributed by atoms with van der Waals surface area (Å²) in [6.07, 6.45) is 3.86.